The van der Waals surface area contributed by atoms with Crippen molar-refractivity contribution in [2.45, 2.75) is 52.2 Å². The highest BCUT2D eigenvalue weighted by Crippen LogP contribution is 2.22. The molecule has 152 valence electrons. The van der Waals surface area contributed by atoms with Gasteiger partial charge in [-0.05, 0) is 40.2 Å². The molecule has 0 radical (unpaired) electrons. The third-order valence-electron chi connectivity index (χ3n) is 5.01. The van der Waals surface area contributed by atoms with Gasteiger partial charge in [-0.2, -0.15) is 0 Å². The molecule has 7 nitrogen and oxygen atoms in total. The summed E-state index contributed by atoms with van der Waals surface area (Å²) in [6.07, 6.45) is 3.21. The fourth-order valence-corrected chi connectivity index (χ4v) is 3.55. The lowest BCUT2D eigenvalue weighted by Gasteiger charge is -2.34. The number of hydrogen-bond acceptors (Lipinski definition) is 4. The number of guanidine groups is 1. The number of carbonyl (C=O) groups excluding carboxylic acids is 1. The smallest absolute Gasteiger partial charge is 0.224 e. The van der Waals surface area contributed by atoms with E-state index < -0.39 is 0 Å². The van der Waals surface area contributed by atoms with E-state index in [2.05, 4.69) is 20.5 Å². The van der Waals surface area contributed by atoms with Crippen LogP contribution in [-0.4, -0.2) is 86.2 Å². The molecule has 0 spiro atoms. The largest absolute Gasteiger partial charge is 0.373 e. The second-order valence-corrected chi connectivity index (χ2v) is 6.71. The molecule has 2 saturated heterocycles. The van der Waals surface area contributed by atoms with Crippen molar-refractivity contribution in [2.24, 2.45) is 4.99 Å². The van der Waals surface area contributed by atoms with E-state index in [1.165, 1.54) is 19.4 Å². The molecule has 0 aromatic carbocycles. The average molecular weight is 481 g/mol. The summed E-state index contributed by atoms with van der Waals surface area (Å²) in [5.41, 5.74) is 0. The van der Waals surface area contributed by atoms with Crippen molar-refractivity contribution in [3.63, 3.8) is 0 Å². The first-order chi connectivity index (χ1) is 12.2. The zero-order valence-corrected chi connectivity index (χ0v) is 18.8. The summed E-state index contributed by atoms with van der Waals surface area (Å²) < 4.78 is 5.96. The molecule has 0 aromatic heterocycles. The molecule has 0 bridgehead atoms. The topological polar surface area (TPSA) is 69.2 Å². The molecular formula is C18H36IN5O2. The zero-order valence-electron chi connectivity index (χ0n) is 16.5. The average Bonchev–Trinajstić information content (AvgIpc) is 3.08. The van der Waals surface area contributed by atoms with Crippen molar-refractivity contribution in [3.8, 4) is 0 Å². The van der Waals surface area contributed by atoms with Crippen LogP contribution in [-0.2, 0) is 9.53 Å². The van der Waals surface area contributed by atoms with Gasteiger partial charge in [-0.3, -0.25) is 14.7 Å². The molecule has 2 rings (SSSR count). The summed E-state index contributed by atoms with van der Waals surface area (Å²) in [4.78, 5) is 21.1. The fraction of sp³-hybridized carbons (Fsp3) is 0.889. The number of hydrogen-bond donors (Lipinski definition) is 2. The van der Waals surface area contributed by atoms with E-state index in [-0.39, 0.29) is 36.0 Å². The summed E-state index contributed by atoms with van der Waals surface area (Å²) in [7, 11) is 0. The predicted molar refractivity (Wildman–Crippen MR) is 116 cm³/mol. The molecule has 26 heavy (non-hydrogen) atoms. The van der Waals surface area contributed by atoms with E-state index >= 15 is 0 Å². The van der Waals surface area contributed by atoms with Crippen LogP contribution in [0.3, 0.4) is 0 Å². The second kappa shape index (κ2) is 12.7. The molecule has 2 heterocycles. The first kappa shape index (κ1) is 23.4. The predicted octanol–water partition coefficient (Wildman–Crippen LogP) is 1.28. The Morgan fingerprint density at radius 2 is 2.04 bits per heavy atom. The molecule has 2 unspecified atom stereocenters. The van der Waals surface area contributed by atoms with E-state index in [4.69, 9.17) is 4.74 Å². The number of fused-ring (bicyclic) bond motifs is 1. The maximum Gasteiger partial charge on any atom is 0.224 e. The number of halogens is 1. The number of morpholine rings is 1. The molecule has 1 amide bonds. The first-order valence-electron chi connectivity index (χ1n) is 9.83. The molecule has 2 fully saturated rings. The molecule has 0 aliphatic carbocycles. The number of carbonyl (C=O) groups is 1. The molecule has 2 atom stereocenters. The minimum atomic E-state index is 0. The van der Waals surface area contributed by atoms with Crippen molar-refractivity contribution in [3.05, 3.63) is 0 Å². The molecule has 2 aliphatic heterocycles. The number of nitrogens with one attached hydrogen (secondary N) is 2. The number of nitrogens with zero attached hydrogens (tertiary/aromatic N) is 3. The summed E-state index contributed by atoms with van der Waals surface area (Å²) in [6, 6.07) is 0.623. The van der Waals surface area contributed by atoms with Crippen molar-refractivity contribution in [1.29, 1.82) is 0 Å². The van der Waals surface area contributed by atoms with E-state index in [0.717, 1.165) is 38.7 Å². The Morgan fingerprint density at radius 1 is 1.27 bits per heavy atom. The normalized spacial score (nSPS) is 23.1. The van der Waals surface area contributed by atoms with Crippen molar-refractivity contribution in [2.75, 3.05) is 52.4 Å². The number of aliphatic imine (C=N–C) groups is 1. The van der Waals surface area contributed by atoms with Crippen molar-refractivity contribution < 1.29 is 9.53 Å². The lowest BCUT2D eigenvalue weighted by molar-refractivity contribution is -0.130. The quantitative estimate of drug-likeness (QED) is 0.311. The van der Waals surface area contributed by atoms with E-state index in [9.17, 15) is 4.79 Å². The third kappa shape index (κ3) is 7.19. The lowest BCUT2D eigenvalue weighted by atomic mass is 10.2. The molecule has 0 aromatic rings. The Hall–Kier alpha value is -0.610. The summed E-state index contributed by atoms with van der Waals surface area (Å²) in [5, 5.41) is 6.51. The molecule has 0 saturated carbocycles. The van der Waals surface area contributed by atoms with Gasteiger partial charge in [0.25, 0.3) is 0 Å². The summed E-state index contributed by atoms with van der Waals surface area (Å²) in [6.45, 7) is 12.7. The van der Waals surface area contributed by atoms with Gasteiger partial charge in [-0.15, -0.1) is 24.0 Å². The monoisotopic (exact) mass is 481 g/mol. The Bertz CT molecular complexity index is 445. The highest BCUT2D eigenvalue weighted by atomic mass is 127. The molecular weight excluding hydrogens is 445 g/mol. The van der Waals surface area contributed by atoms with E-state index in [1.807, 2.05) is 25.7 Å². The second-order valence-electron chi connectivity index (χ2n) is 6.71. The van der Waals surface area contributed by atoms with Crippen LogP contribution < -0.4 is 10.6 Å². The number of ether oxygens (including phenoxy) is 1. The van der Waals surface area contributed by atoms with Gasteiger partial charge in [-0.1, -0.05) is 0 Å². The SMILES string of the molecule is CCNC(=NCC1CN2CCCC2CO1)NCCC(=O)N(CC)CC.I. The van der Waals surface area contributed by atoms with E-state index in [0.29, 0.717) is 25.6 Å². The molecule has 2 N–H and O–H groups in total. The lowest BCUT2D eigenvalue weighted by Crippen LogP contribution is -2.47. The standard InChI is InChI=1S/C18H35N5O2.HI/c1-4-19-18(20-10-9-17(24)22(5-2)6-3)21-12-16-13-23-11-7-8-15(23)14-25-16;/h15-16H,4-14H2,1-3H3,(H2,19,20,21);1H. The maximum absolute atomic E-state index is 12.1. The van der Waals surface area contributed by atoms with Crippen LogP contribution in [0.2, 0.25) is 0 Å². The van der Waals surface area contributed by atoms with Gasteiger partial charge in [0.15, 0.2) is 5.96 Å². The highest BCUT2D eigenvalue weighted by Gasteiger charge is 2.31. The van der Waals surface area contributed by atoms with Gasteiger partial charge in [-0.25, -0.2) is 0 Å². The summed E-state index contributed by atoms with van der Waals surface area (Å²) >= 11 is 0. The Morgan fingerprint density at radius 3 is 2.73 bits per heavy atom. The van der Waals surface area contributed by atoms with Crippen LogP contribution in [0.25, 0.3) is 0 Å². The number of amides is 1. The maximum atomic E-state index is 12.1. The first-order valence-corrected chi connectivity index (χ1v) is 9.83. The minimum Gasteiger partial charge on any atom is -0.373 e. The van der Waals surface area contributed by atoms with Gasteiger partial charge in [0, 0.05) is 45.2 Å². The zero-order chi connectivity index (χ0) is 18.1. The van der Waals surface area contributed by atoms with Crippen LogP contribution in [0.15, 0.2) is 4.99 Å². The van der Waals surface area contributed by atoms with Gasteiger partial charge < -0.3 is 20.3 Å². The van der Waals surface area contributed by atoms with Crippen LogP contribution in [0.1, 0.15) is 40.0 Å². The number of rotatable bonds is 8. The van der Waals surface area contributed by atoms with Crippen LogP contribution in [0, 0.1) is 0 Å². The third-order valence-corrected chi connectivity index (χ3v) is 5.01. The van der Waals surface area contributed by atoms with Crippen LogP contribution in [0.5, 0.6) is 0 Å². The summed E-state index contributed by atoms with van der Waals surface area (Å²) in [5.74, 6) is 0.950. The minimum absolute atomic E-state index is 0. The van der Waals surface area contributed by atoms with Crippen LogP contribution >= 0.6 is 24.0 Å². The fourth-order valence-electron chi connectivity index (χ4n) is 3.55. The van der Waals surface area contributed by atoms with Gasteiger partial charge >= 0.3 is 0 Å². The van der Waals surface area contributed by atoms with Gasteiger partial charge in [0.2, 0.25) is 5.91 Å². The Kier molecular flexibility index (Phi) is 11.5. The van der Waals surface area contributed by atoms with Crippen LogP contribution in [0.4, 0.5) is 0 Å². The van der Waals surface area contributed by atoms with E-state index in [1.54, 1.807) is 0 Å². The molecule has 2 aliphatic rings. The van der Waals surface area contributed by atoms with Crippen molar-refractivity contribution >= 4 is 35.8 Å². The Labute approximate surface area is 175 Å². The van der Waals surface area contributed by atoms with Gasteiger partial charge in [0.05, 0.1) is 19.3 Å². The van der Waals surface area contributed by atoms with Crippen molar-refractivity contribution in [1.82, 2.24) is 20.4 Å². The highest BCUT2D eigenvalue weighted by molar-refractivity contribution is 14.0. The van der Waals surface area contributed by atoms with Gasteiger partial charge in [0.1, 0.15) is 0 Å². The Balaban J connectivity index is 0.00000338. The molecule has 8 heteroatoms.